The molecule has 1 N–H and O–H groups in total. The zero-order chi connectivity index (χ0) is 26.7. The van der Waals surface area contributed by atoms with E-state index in [1.54, 1.807) is 21.0 Å². The van der Waals surface area contributed by atoms with E-state index in [-0.39, 0.29) is 50.7 Å². The standard InChI is InChI=1S/C29H46O8/c1-5-17(26(31)35-11-10-34-4)12-21(16-29(2,3)28(33)36-9-8-30)27(32)37-23-15-20-14-22(23)25-19-7-6-18(13-19)24(20)25/h17-25,30H,5-16H2,1-4H3. The molecule has 8 nitrogen and oxygen atoms in total. The largest absolute Gasteiger partial charge is 0.463 e. The first-order chi connectivity index (χ1) is 17.7. The fourth-order valence-corrected chi connectivity index (χ4v) is 8.30. The number of carbonyl (C=O) groups excluding carboxylic acids is 3. The number of fused-ring (bicyclic) bond motifs is 9. The van der Waals surface area contributed by atoms with E-state index in [0.29, 0.717) is 30.8 Å². The van der Waals surface area contributed by atoms with Crippen molar-refractivity contribution in [2.75, 3.05) is 33.5 Å². The van der Waals surface area contributed by atoms with Crippen LogP contribution in [0.5, 0.6) is 0 Å². The summed E-state index contributed by atoms with van der Waals surface area (Å²) >= 11 is 0. The van der Waals surface area contributed by atoms with Crippen molar-refractivity contribution >= 4 is 17.9 Å². The molecule has 0 radical (unpaired) electrons. The minimum absolute atomic E-state index is 0.0567. The Kier molecular flexibility index (Phi) is 9.21. The van der Waals surface area contributed by atoms with Crippen LogP contribution in [0.3, 0.4) is 0 Å². The lowest BCUT2D eigenvalue weighted by Gasteiger charge is -2.39. The summed E-state index contributed by atoms with van der Waals surface area (Å²) in [7, 11) is 1.55. The number of methoxy groups -OCH3 is 1. The van der Waals surface area contributed by atoms with Gasteiger partial charge in [-0.05, 0) is 101 Å². The second kappa shape index (κ2) is 12.0. The molecule has 0 aliphatic heterocycles. The molecule has 4 aliphatic rings. The van der Waals surface area contributed by atoms with Crippen molar-refractivity contribution in [1.29, 1.82) is 0 Å². The number of ether oxygens (including phenoxy) is 4. The van der Waals surface area contributed by atoms with Gasteiger partial charge >= 0.3 is 17.9 Å². The molecule has 4 bridgehead atoms. The zero-order valence-electron chi connectivity index (χ0n) is 23.0. The molecule has 0 saturated heterocycles. The Morgan fingerprint density at radius 1 is 0.892 bits per heavy atom. The fourth-order valence-electron chi connectivity index (χ4n) is 8.30. The van der Waals surface area contributed by atoms with Crippen molar-refractivity contribution in [2.24, 2.45) is 52.8 Å². The summed E-state index contributed by atoms with van der Waals surface area (Å²) in [4.78, 5) is 39.1. The zero-order valence-corrected chi connectivity index (χ0v) is 23.0. The van der Waals surface area contributed by atoms with Gasteiger partial charge in [-0.3, -0.25) is 14.4 Å². The van der Waals surface area contributed by atoms with Crippen LogP contribution in [0.1, 0.15) is 72.1 Å². The number of hydrogen-bond acceptors (Lipinski definition) is 8. The Balaban J connectivity index is 1.44. The molecule has 4 saturated carbocycles. The quantitative estimate of drug-likeness (QED) is 0.159. The topological polar surface area (TPSA) is 108 Å². The van der Waals surface area contributed by atoms with E-state index < -0.39 is 23.2 Å². The summed E-state index contributed by atoms with van der Waals surface area (Å²) in [5.41, 5.74) is -0.971. The van der Waals surface area contributed by atoms with E-state index in [2.05, 4.69) is 0 Å². The van der Waals surface area contributed by atoms with E-state index in [0.717, 1.165) is 24.2 Å². The van der Waals surface area contributed by atoms with E-state index in [1.807, 2.05) is 6.92 Å². The molecule has 0 amide bonds. The lowest BCUT2D eigenvalue weighted by atomic mass is 9.70. The highest BCUT2D eigenvalue weighted by atomic mass is 16.6. The van der Waals surface area contributed by atoms with Crippen LogP contribution in [0.4, 0.5) is 0 Å². The lowest BCUT2D eigenvalue weighted by molar-refractivity contribution is -0.165. The average molecular weight is 523 g/mol. The number of aliphatic hydroxyl groups is 1. The SMILES string of the molecule is CCC(CC(CC(C)(C)C(=O)OCCO)C(=O)OC1CC2CC1C1C3CCC(C3)C21)C(=O)OCCOC. The predicted molar refractivity (Wildman–Crippen MR) is 135 cm³/mol. The van der Waals surface area contributed by atoms with E-state index in [9.17, 15) is 14.4 Å². The van der Waals surface area contributed by atoms with Crippen molar-refractivity contribution in [2.45, 2.75) is 78.2 Å². The second-order valence-corrected chi connectivity index (χ2v) is 12.5. The monoisotopic (exact) mass is 522 g/mol. The van der Waals surface area contributed by atoms with E-state index in [4.69, 9.17) is 24.1 Å². The van der Waals surface area contributed by atoms with Gasteiger partial charge in [0.25, 0.3) is 0 Å². The van der Waals surface area contributed by atoms with Crippen molar-refractivity contribution in [3.8, 4) is 0 Å². The average Bonchev–Trinajstić information content (AvgIpc) is 3.65. The first-order valence-corrected chi connectivity index (χ1v) is 14.3. The molecular formula is C29H46O8. The van der Waals surface area contributed by atoms with Gasteiger partial charge < -0.3 is 24.1 Å². The Hall–Kier alpha value is -1.67. The first-order valence-electron chi connectivity index (χ1n) is 14.3. The van der Waals surface area contributed by atoms with Crippen molar-refractivity contribution in [1.82, 2.24) is 0 Å². The third kappa shape index (κ3) is 6.00. The van der Waals surface area contributed by atoms with Crippen LogP contribution >= 0.6 is 0 Å². The molecule has 37 heavy (non-hydrogen) atoms. The van der Waals surface area contributed by atoms with Crippen LogP contribution < -0.4 is 0 Å². The van der Waals surface area contributed by atoms with Gasteiger partial charge in [-0.15, -0.1) is 0 Å². The Morgan fingerprint density at radius 2 is 1.62 bits per heavy atom. The van der Waals surface area contributed by atoms with Crippen LogP contribution in [-0.4, -0.2) is 62.7 Å². The molecule has 8 heteroatoms. The molecule has 9 atom stereocenters. The highest BCUT2D eigenvalue weighted by Crippen LogP contribution is 2.67. The predicted octanol–water partition coefficient (Wildman–Crippen LogP) is 3.77. The number of rotatable bonds is 14. The normalized spacial score (nSPS) is 33.2. The second-order valence-electron chi connectivity index (χ2n) is 12.5. The van der Waals surface area contributed by atoms with Crippen molar-refractivity contribution in [3.63, 3.8) is 0 Å². The molecule has 0 aromatic carbocycles. The van der Waals surface area contributed by atoms with Crippen LogP contribution in [0.2, 0.25) is 0 Å². The summed E-state index contributed by atoms with van der Waals surface area (Å²) in [5, 5.41) is 9.06. The molecule has 4 aliphatic carbocycles. The van der Waals surface area contributed by atoms with E-state index >= 15 is 0 Å². The van der Waals surface area contributed by atoms with E-state index in [1.165, 1.54) is 25.7 Å². The maximum Gasteiger partial charge on any atom is 0.311 e. The van der Waals surface area contributed by atoms with Gasteiger partial charge in [-0.1, -0.05) is 6.92 Å². The summed E-state index contributed by atoms with van der Waals surface area (Å²) < 4.78 is 21.8. The molecule has 0 spiro atoms. The molecule has 4 rings (SSSR count). The molecule has 0 aromatic rings. The van der Waals surface area contributed by atoms with Gasteiger partial charge in [0.2, 0.25) is 0 Å². The Bertz CT molecular complexity index is 825. The van der Waals surface area contributed by atoms with Gasteiger partial charge in [0.05, 0.1) is 30.5 Å². The molecule has 9 unspecified atom stereocenters. The molecule has 0 aromatic heterocycles. The summed E-state index contributed by atoms with van der Waals surface area (Å²) in [5.74, 6) is 2.09. The minimum atomic E-state index is -0.971. The molecule has 0 heterocycles. The third-order valence-electron chi connectivity index (χ3n) is 9.83. The first kappa shape index (κ1) is 28.3. The number of carbonyl (C=O) groups is 3. The summed E-state index contributed by atoms with van der Waals surface area (Å²) in [6.07, 6.45) is 7.11. The van der Waals surface area contributed by atoms with Crippen LogP contribution in [0.15, 0.2) is 0 Å². The van der Waals surface area contributed by atoms with Gasteiger partial charge in [0, 0.05) is 7.11 Å². The Morgan fingerprint density at radius 3 is 2.30 bits per heavy atom. The van der Waals surface area contributed by atoms with Gasteiger partial charge in [0.15, 0.2) is 0 Å². The molecule has 210 valence electrons. The number of esters is 3. The fraction of sp³-hybridized carbons (Fsp3) is 0.897. The van der Waals surface area contributed by atoms with Gasteiger partial charge in [-0.2, -0.15) is 0 Å². The van der Waals surface area contributed by atoms with Gasteiger partial charge in [0.1, 0.15) is 19.3 Å². The summed E-state index contributed by atoms with van der Waals surface area (Å²) in [6, 6.07) is 0. The van der Waals surface area contributed by atoms with Crippen molar-refractivity contribution in [3.05, 3.63) is 0 Å². The smallest absolute Gasteiger partial charge is 0.311 e. The van der Waals surface area contributed by atoms with Crippen molar-refractivity contribution < 1.29 is 38.4 Å². The lowest BCUT2D eigenvalue weighted by Crippen LogP contribution is -2.40. The van der Waals surface area contributed by atoms with Gasteiger partial charge in [-0.25, -0.2) is 0 Å². The maximum atomic E-state index is 13.7. The highest BCUT2D eigenvalue weighted by Gasteiger charge is 2.63. The summed E-state index contributed by atoms with van der Waals surface area (Å²) in [6.45, 7) is 5.51. The number of hydrogen-bond donors (Lipinski definition) is 1. The molecular weight excluding hydrogens is 476 g/mol. The maximum absolute atomic E-state index is 13.7. The highest BCUT2D eigenvalue weighted by molar-refractivity contribution is 5.79. The minimum Gasteiger partial charge on any atom is -0.463 e. The van der Waals surface area contributed by atoms with Crippen LogP contribution in [0, 0.1) is 52.8 Å². The third-order valence-corrected chi connectivity index (χ3v) is 9.83. The molecule has 4 fully saturated rings. The Labute approximate surface area is 221 Å². The van der Waals surface area contributed by atoms with Crippen LogP contribution in [-0.2, 0) is 33.3 Å². The number of aliphatic hydroxyl groups excluding tert-OH is 1. The van der Waals surface area contributed by atoms with Crippen LogP contribution in [0.25, 0.3) is 0 Å².